The molecule has 154 valence electrons. The fraction of sp³-hybridized carbons (Fsp3) is 0.524. The summed E-state index contributed by atoms with van der Waals surface area (Å²) in [5.74, 6) is -2.56. The molecular formula is C21H24N2O6. The summed E-state index contributed by atoms with van der Waals surface area (Å²) >= 11 is 0. The first-order valence-electron chi connectivity index (χ1n) is 9.79. The van der Waals surface area contributed by atoms with E-state index in [4.69, 9.17) is 9.57 Å². The van der Waals surface area contributed by atoms with Crippen LogP contribution in [0.2, 0.25) is 0 Å². The van der Waals surface area contributed by atoms with Crippen LogP contribution in [-0.4, -0.2) is 52.5 Å². The highest BCUT2D eigenvalue weighted by molar-refractivity contribution is 6.20. The van der Waals surface area contributed by atoms with Crippen molar-refractivity contribution in [1.29, 1.82) is 0 Å². The minimum atomic E-state index is -0.662. The number of carbonyl (C=O) groups is 4. The first-order chi connectivity index (χ1) is 13.6. The lowest BCUT2D eigenvalue weighted by molar-refractivity contribution is -0.178. The van der Waals surface area contributed by atoms with Crippen LogP contribution in [0.4, 0.5) is 4.79 Å². The van der Waals surface area contributed by atoms with E-state index >= 15 is 0 Å². The maximum Gasteiger partial charge on any atom is 0.410 e. The van der Waals surface area contributed by atoms with Crippen LogP contribution in [0.5, 0.6) is 0 Å². The first kappa shape index (κ1) is 19.4. The van der Waals surface area contributed by atoms with Crippen molar-refractivity contribution in [3.8, 4) is 0 Å². The Kier molecular flexibility index (Phi) is 4.40. The van der Waals surface area contributed by atoms with Gasteiger partial charge in [0.25, 0.3) is 11.8 Å². The second-order valence-electron chi connectivity index (χ2n) is 8.99. The zero-order chi connectivity index (χ0) is 21.0. The van der Waals surface area contributed by atoms with Gasteiger partial charge in [0.2, 0.25) is 0 Å². The molecule has 0 radical (unpaired) electrons. The number of carbonyl (C=O) groups excluding carboxylic acids is 4. The molecule has 1 atom stereocenters. The molecule has 3 aliphatic rings. The highest BCUT2D eigenvalue weighted by atomic mass is 16.7. The van der Waals surface area contributed by atoms with Gasteiger partial charge in [0.15, 0.2) is 0 Å². The number of fused-ring (bicyclic) bond motifs is 1. The third kappa shape index (κ3) is 3.26. The number of hydrogen-bond donors (Lipinski definition) is 0. The van der Waals surface area contributed by atoms with E-state index in [-0.39, 0.29) is 23.1 Å². The predicted octanol–water partition coefficient (Wildman–Crippen LogP) is 2.78. The van der Waals surface area contributed by atoms with Gasteiger partial charge in [0, 0.05) is 18.5 Å². The van der Waals surface area contributed by atoms with Gasteiger partial charge in [-0.3, -0.25) is 9.59 Å². The van der Waals surface area contributed by atoms with Gasteiger partial charge in [-0.25, -0.2) is 9.59 Å². The Labute approximate surface area is 168 Å². The summed E-state index contributed by atoms with van der Waals surface area (Å²) < 4.78 is 5.44. The minimum absolute atomic E-state index is 0.150. The zero-order valence-corrected chi connectivity index (χ0v) is 16.8. The van der Waals surface area contributed by atoms with Gasteiger partial charge in [-0.1, -0.05) is 23.6 Å². The molecule has 4 rings (SSSR count). The lowest BCUT2D eigenvalue weighted by atomic mass is 9.63. The lowest BCUT2D eigenvalue weighted by Crippen LogP contribution is -2.44. The summed E-state index contributed by atoms with van der Waals surface area (Å²) in [7, 11) is 0. The van der Waals surface area contributed by atoms with Crippen molar-refractivity contribution in [2.24, 2.45) is 11.3 Å². The monoisotopic (exact) mass is 400 g/mol. The molecule has 1 aliphatic carbocycles. The second-order valence-corrected chi connectivity index (χ2v) is 8.99. The fourth-order valence-corrected chi connectivity index (χ4v) is 4.30. The van der Waals surface area contributed by atoms with E-state index in [0.717, 1.165) is 19.3 Å². The van der Waals surface area contributed by atoms with E-state index in [1.807, 2.05) is 0 Å². The van der Waals surface area contributed by atoms with Gasteiger partial charge < -0.3 is 14.5 Å². The lowest BCUT2D eigenvalue weighted by Gasteiger charge is -2.41. The highest BCUT2D eigenvalue weighted by Crippen LogP contribution is 2.52. The quantitative estimate of drug-likeness (QED) is 0.709. The molecule has 3 amide bonds. The third-order valence-corrected chi connectivity index (χ3v) is 5.87. The molecule has 1 saturated heterocycles. The van der Waals surface area contributed by atoms with Gasteiger partial charge in [0.1, 0.15) is 5.60 Å². The number of imide groups is 1. The average molecular weight is 400 g/mol. The van der Waals surface area contributed by atoms with Crippen LogP contribution < -0.4 is 0 Å². The topological polar surface area (TPSA) is 93.2 Å². The number of ether oxygens (including phenoxy) is 1. The summed E-state index contributed by atoms with van der Waals surface area (Å²) in [6.07, 6.45) is 2.06. The summed E-state index contributed by atoms with van der Waals surface area (Å²) in [5, 5.41) is 0.537. The number of hydroxylamine groups is 2. The largest absolute Gasteiger partial charge is 0.444 e. The Morgan fingerprint density at radius 3 is 2.14 bits per heavy atom. The zero-order valence-electron chi connectivity index (χ0n) is 16.8. The fourth-order valence-electron chi connectivity index (χ4n) is 4.30. The molecule has 1 spiro atoms. The summed E-state index contributed by atoms with van der Waals surface area (Å²) in [5.41, 5.74) is -0.592. The van der Waals surface area contributed by atoms with Crippen molar-refractivity contribution < 1.29 is 28.8 Å². The highest BCUT2D eigenvalue weighted by Gasteiger charge is 2.56. The normalized spacial score (nSPS) is 22.5. The molecular weight excluding hydrogens is 376 g/mol. The van der Waals surface area contributed by atoms with Gasteiger partial charge in [0.05, 0.1) is 17.0 Å². The molecule has 1 unspecified atom stereocenters. The Bertz CT molecular complexity index is 864. The van der Waals surface area contributed by atoms with E-state index in [9.17, 15) is 19.2 Å². The van der Waals surface area contributed by atoms with Gasteiger partial charge in [-0.15, -0.1) is 0 Å². The Balaban J connectivity index is 1.49. The standard InChI is InChI=1S/C21H24N2O6/c1-20(2,3)28-19(27)22-11-15(21(12-22)9-6-10-21)18(26)29-23-16(24)13-7-4-5-8-14(13)17(23)25/h4-5,7-8,15H,6,9-12H2,1-3H3. The molecule has 8 nitrogen and oxygen atoms in total. The van der Waals surface area contributed by atoms with Gasteiger partial charge in [-0.05, 0) is 45.7 Å². The Hall–Kier alpha value is -2.90. The second kappa shape index (κ2) is 6.57. The van der Waals surface area contributed by atoms with Crippen LogP contribution in [0.25, 0.3) is 0 Å². The molecule has 1 aromatic rings. The number of nitrogens with zero attached hydrogens (tertiary/aromatic N) is 2. The summed E-state index contributed by atoms with van der Waals surface area (Å²) in [4.78, 5) is 57.2. The maximum atomic E-state index is 13.0. The SMILES string of the molecule is CC(C)(C)OC(=O)N1CC(C(=O)ON2C(=O)c3ccccc3C2=O)C2(CCC2)C1. The number of hydrogen-bond acceptors (Lipinski definition) is 6. The molecule has 0 bridgehead atoms. The number of benzene rings is 1. The van der Waals surface area contributed by atoms with Crippen LogP contribution in [0.1, 0.15) is 60.7 Å². The van der Waals surface area contributed by atoms with Crippen LogP contribution in [0, 0.1) is 11.3 Å². The molecule has 29 heavy (non-hydrogen) atoms. The Morgan fingerprint density at radius 2 is 1.66 bits per heavy atom. The molecule has 0 N–H and O–H groups in total. The van der Waals surface area contributed by atoms with Crippen LogP contribution >= 0.6 is 0 Å². The van der Waals surface area contributed by atoms with E-state index < -0.39 is 35.4 Å². The minimum Gasteiger partial charge on any atom is -0.444 e. The van der Waals surface area contributed by atoms with E-state index in [2.05, 4.69) is 0 Å². The number of likely N-dealkylation sites (tertiary alicyclic amines) is 1. The molecule has 1 aromatic carbocycles. The molecule has 8 heteroatoms. The number of amides is 3. The molecule has 0 aromatic heterocycles. The summed E-state index contributed by atoms with van der Waals surface area (Å²) in [6, 6.07) is 6.34. The molecule has 2 fully saturated rings. The first-order valence-corrected chi connectivity index (χ1v) is 9.79. The maximum absolute atomic E-state index is 13.0. The van der Waals surface area contributed by atoms with Crippen molar-refractivity contribution in [2.75, 3.05) is 13.1 Å². The number of rotatable bonds is 2. The van der Waals surface area contributed by atoms with Crippen molar-refractivity contribution in [3.63, 3.8) is 0 Å². The summed E-state index contributed by atoms with van der Waals surface area (Å²) in [6.45, 7) is 5.91. The van der Waals surface area contributed by atoms with Gasteiger partial charge in [-0.2, -0.15) is 0 Å². The van der Waals surface area contributed by atoms with Crippen molar-refractivity contribution in [1.82, 2.24) is 9.96 Å². The van der Waals surface area contributed by atoms with E-state index in [1.54, 1.807) is 32.9 Å². The van der Waals surface area contributed by atoms with Crippen LogP contribution in [0.3, 0.4) is 0 Å². The molecule has 1 saturated carbocycles. The smallest absolute Gasteiger partial charge is 0.410 e. The average Bonchev–Trinajstić information content (AvgIpc) is 3.14. The predicted molar refractivity (Wildman–Crippen MR) is 101 cm³/mol. The van der Waals surface area contributed by atoms with Crippen molar-refractivity contribution >= 4 is 23.9 Å². The Morgan fingerprint density at radius 1 is 1.07 bits per heavy atom. The molecule has 2 aliphatic heterocycles. The van der Waals surface area contributed by atoms with Crippen molar-refractivity contribution in [3.05, 3.63) is 35.4 Å². The molecule has 2 heterocycles. The van der Waals surface area contributed by atoms with E-state index in [1.165, 1.54) is 17.0 Å². The van der Waals surface area contributed by atoms with Crippen LogP contribution in [0.15, 0.2) is 24.3 Å². The van der Waals surface area contributed by atoms with Crippen LogP contribution in [-0.2, 0) is 14.4 Å². The van der Waals surface area contributed by atoms with E-state index in [0.29, 0.717) is 11.6 Å². The third-order valence-electron chi connectivity index (χ3n) is 5.87. The van der Waals surface area contributed by atoms with Gasteiger partial charge >= 0.3 is 12.1 Å². The van der Waals surface area contributed by atoms with Crippen molar-refractivity contribution in [2.45, 2.75) is 45.6 Å².